The van der Waals surface area contributed by atoms with E-state index in [0.29, 0.717) is 6.42 Å². The summed E-state index contributed by atoms with van der Waals surface area (Å²) in [5.41, 5.74) is 0.227. The fourth-order valence-electron chi connectivity index (χ4n) is 1.89. The lowest BCUT2D eigenvalue weighted by Crippen LogP contribution is -2.11. The Kier molecular flexibility index (Phi) is 8.74. The molecular weight excluding hydrogens is 184 g/mol. The molecule has 0 aliphatic carbocycles. The Hall–Kier alpha value is -0.330. The standard InChI is InChI=1S/C14H28O/c1-4-5-6-7-8-9-10-11-14(2,3)12-13-15/h13H,4-12H2,1-3H3. The molecule has 0 aliphatic rings. The van der Waals surface area contributed by atoms with Crippen LogP contribution in [0, 0.1) is 5.41 Å². The van der Waals surface area contributed by atoms with Crippen molar-refractivity contribution < 1.29 is 4.79 Å². The van der Waals surface area contributed by atoms with Crippen molar-refractivity contribution >= 4 is 6.29 Å². The molecule has 0 amide bonds. The molecule has 0 spiro atoms. The Balaban J connectivity index is 3.26. The molecule has 1 heteroatoms. The lowest BCUT2D eigenvalue weighted by Gasteiger charge is -2.21. The number of carbonyl (C=O) groups is 1. The van der Waals surface area contributed by atoms with E-state index in [1.165, 1.54) is 51.4 Å². The highest BCUT2D eigenvalue weighted by molar-refractivity contribution is 5.50. The summed E-state index contributed by atoms with van der Waals surface area (Å²) in [5, 5.41) is 0. The van der Waals surface area contributed by atoms with Gasteiger partial charge in [-0.3, -0.25) is 0 Å². The van der Waals surface area contributed by atoms with Crippen LogP contribution in [-0.4, -0.2) is 6.29 Å². The predicted octanol–water partition coefficient (Wildman–Crippen LogP) is 4.74. The zero-order valence-electron chi connectivity index (χ0n) is 10.8. The summed E-state index contributed by atoms with van der Waals surface area (Å²) in [6.45, 7) is 6.64. The Morgan fingerprint density at radius 3 is 2.00 bits per heavy atom. The van der Waals surface area contributed by atoms with Gasteiger partial charge in [-0.15, -0.1) is 0 Å². The fourth-order valence-corrected chi connectivity index (χ4v) is 1.89. The van der Waals surface area contributed by atoms with E-state index in [9.17, 15) is 4.79 Å². The molecule has 0 rings (SSSR count). The Labute approximate surface area is 95.6 Å². The Morgan fingerprint density at radius 2 is 1.47 bits per heavy atom. The van der Waals surface area contributed by atoms with Crippen LogP contribution in [0.25, 0.3) is 0 Å². The van der Waals surface area contributed by atoms with Gasteiger partial charge >= 0.3 is 0 Å². The van der Waals surface area contributed by atoms with Crippen LogP contribution in [0.5, 0.6) is 0 Å². The van der Waals surface area contributed by atoms with Gasteiger partial charge in [0.1, 0.15) is 6.29 Å². The average Bonchev–Trinajstić information content (AvgIpc) is 2.16. The highest BCUT2D eigenvalue weighted by Crippen LogP contribution is 2.26. The molecule has 0 radical (unpaired) electrons. The van der Waals surface area contributed by atoms with Gasteiger partial charge in [-0.1, -0.05) is 65.7 Å². The van der Waals surface area contributed by atoms with Crippen LogP contribution in [0.4, 0.5) is 0 Å². The van der Waals surface area contributed by atoms with Crippen molar-refractivity contribution in [2.24, 2.45) is 5.41 Å². The Morgan fingerprint density at radius 1 is 0.933 bits per heavy atom. The first-order valence-electron chi connectivity index (χ1n) is 6.56. The van der Waals surface area contributed by atoms with Gasteiger partial charge in [0.2, 0.25) is 0 Å². The minimum Gasteiger partial charge on any atom is -0.303 e. The van der Waals surface area contributed by atoms with Crippen LogP contribution >= 0.6 is 0 Å². The summed E-state index contributed by atoms with van der Waals surface area (Å²) in [6, 6.07) is 0. The molecule has 0 aromatic carbocycles. The summed E-state index contributed by atoms with van der Waals surface area (Å²) in [5.74, 6) is 0. The van der Waals surface area contributed by atoms with Crippen molar-refractivity contribution in [2.75, 3.05) is 0 Å². The summed E-state index contributed by atoms with van der Waals surface area (Å²) >= 11 is 0. The Bertz CT molecular complexity index is 149. The second kappa shape index (κ2) is 8.94. The molecule has 0 atom stereocenters. The van der Waals surface area contributed by atoms with E-state index in [1.54, 1.807) is 0 Å². The van der Waals surface area contributed by atoms with Crippen molar-refractivity contribution in [3.8, 4) is 0 Å². The van der Waals surface area contributed by atoms with Crippen molar-refractivity contribution in [3.63, 3.8) is 0 Å². The number of rotatable bonds is 10. The molecule has 15 heavy (non-hydrogen) atoms. The summed E-state index contributed by atoms with van der Waals surface area (Å²) in [6.07, 6.45) is 12.5. The third kappa shape index (κ3) is 9.96. The molecule has 1 nitrogen and oxygen atoms in total. The first-order chi connectivity index (χ1) is 7.12. The van der Waals surface area contributed by atoms with Crippen molar-refractivity contribution in [3.05, 3.63) is 0 Å². The van der Waals surface area contributed by atoms with Crippen LogP contribution in [-0.2, 0) is 4.79 Å². The van der Waals surface area contributed by atoms with Crippen LogP contribution in [0.2, 0.25) is 0 Å². The van der Waals surface area contributed by atoms with E-state index in [0.717, 1.165) is 6.29 Å². The average molecular weight is 212 g/mol. The van der Waals surface area contributed by atoms with Gasteiger partial charge in [0.15, 0.2) is 0 Å². The molecule has 0 aromatic heterocycles. The number of unbranched alkanes of at least 4 members (excludes halogenated alkanes) is 6. The molecule has 0 aliphatic heterocycles. The van der Waals surface area contributed by atoms with E-state index < -0.39 is 0 Å². The van der Waals surface area contributed by atoms with Gasteiger partial charge in [-0.2, -0.15) is 0 Å². The van der Waals surface area contributed by atoms with E-state index in [1.807, 2.05) is 0 Å². The first-order valence-corrected chi connectivity index (χ1v) is 6.56. The van der Waals surface area contributed by atoms with Gasteiger partial charge in [0.25, 0.3) is 0 Å². The zero-order chi connectivity index (χ0) is 11.6. The number of aldehydes is 1. The molecule has 0 saturated carbocycles. The minimum absolute atomic E-state index is 0.227. The van der Waals surface area contributed by atoms with Crippen LogP contribution < -0.4 is 0 Å². The molecule has 0 unspecified atom stereocenters. The number of carbonyl (C=O) groups excluding carboxylic acids is 1. The van der Waals surface area contributed by atoms with Crippen LogP contribution in [0.15, 0.2) is 0 Å². The van der Waals surface area contributed by atoms with Crippen molar-refractivity contribution in [2.45, 2.75) is 78.6 Å². The van der Waals surface area contributed by atoms with Gasteiger partial charge in [-0.25, -0.2) is 0 Å². The molecule has 0 N–H and O–H groups in total. The molecular formula is C14H28O. The number of hydrogen-bond donors (Lipinski definition) is 0. The maximum atomic E-state index is 10.4. The van der Waals surface area contributed by atoms with Gasteiger partial charge < -0.3 is 4.79 Å². The summed E-state index contributed by atoms with van der Waals surface area (Å²) < 4.78 is 0. The SMILES string of the molecule is CCCCCCCCCC(C)(C)CC=O. The van der Waals surface area contributed by atoms with Crippen molar-refractivity contribution in [1.82, 2.24) is 0 Å². The lowest BCUT2D eigenvalue weighted by atomic mass is 9.84. The maximum absolute atomic E-state index is 10.4. The molecule has 0 heterocycles. The maximum Gasteiger partial charge on any atom is 0.120 e. The van der Waals surface area contributed by atoms with Gasteiger partial charge in [0.05, 0.1) is 0 Å². The fraction of sp³-hybridized carbons (Fsp3) is 0.929. The smallest absolute Gasteiger partial charge is 0.120 e. The topological polar surface area (TPSA) is 17.1 Å². The van der Waals surface area contributed by atoms with E-state index >= 15 is 0 Å². The normalized spacial score (nSPS) is 11.7. The lowest BCUT2D eigenvalue weighted by molar-refractivity contribution is -0.109. The highest BCUT2D eigenvalue weighted by atomic mass is 16.1. The van der Waals surface area contributed by atoms with E-state index in [4.69, 9.17) is 0 Å². The third-order valence-electron chi connectivity index (χ3n) is 3.09. The molecule has 0 saturated heterocycles. The predicted molar refractivity (Wildman–Crippen MR) is 67.1 cm³/mol. The molecule has 0 bridgehead atoms. The second-order valence-electron chi connectivity index (χ2n) is 5.41. The van der Waals surface area contributed by atoms with Crippen LogP contribution in [0.1, 0.15) is 78.6 Å². The van der Waals surface area contributed by atoms with Gasteiger partial charge in [0, 0.05) is 6.42 Å². The third-order valence-corrected chi connectivity index (χ3v) is 3.09. The van der Waals surface area contributed by atoms with Crippen LogP contribution in [0.3, 0.4) is 0 Å². The second-order valence-corrected chi connectivity index (χ2v) is 5.41. The molecule has 0 fully saturated rings. The van der Waals surface area contributed by atoms with Crippen molar-refractivity contribution in [1.29, 1.82) is 0 Å². The van der Waals surface area contributed by atoms with E-state index in [2.05, 4.69) is 20.8 Å². The molecule has 0 aromatic rings. The first kappa shape index (κ1) is 14.7. The minimum atomic E-state index is 0.227. The summed E-state index contributed by atoms with van der Waals surface area (Å²) in [4.78, 5) is 10.4. The zero-order valence-corrected chi connectivity index (χ0v) is 10.8. The summed E-state index contributed by atoms with van der Waals surface area (Å²) in [7, 11) is 0. The number of hydrogen-bond acceptors (Lipinski definition) is 1. The van der Waals surface area contributed by atoms with E-state index in [-0.39, 0.29) is 5.41 Å². The molecule has 90 valence electrons. The van der Waals surface area contributed by atoms with Gasteiger partial charge in [-0.05, 0) is 11.8 Å². The highest BCUT2D eigenvalue weighted by Gasteiger charge is 2.15. The quantitative estimate of drug-likeness (QED) is 0.377. The monoisotopic (exact) mass is 212 g/mol. The largest absolute Gasteiger partial charge is 0.303 e.